The van der Waals surface area contributed by atoms with Crippen LogP contribution in [0.2, 0.25) is 0 Å². The molecular formula is C6H7FN2O3. The smallest absolute Gasteiger partial charge is 0.360 e. The van der Waals surface area contributed by atoms with Crippen LogP contribution in [0.1, 0.15) is 6.30 Å². The molecule has 6 heteroatoms. The van der Waals surface area contributed by atoms with Crippen molar-refractivity contribution < 1.29 is 14.3 Å². The van der Waals surface area contributed by atoms with E-state index in [9.17, 15) is 14.0 Å². The van der Waals surface area contributed by atoms with Crippen LogP contribution in [-0.4, -0.2) is 20.2 Å². The van der Waals surface area contributed by atoms with Crippen molar-refractivity contribution in [3.63, 3.8) is 0 Å². The number of aryl methyl sites for hydroxylation is 1. The second kappa shape index (κ2) is 2.80. The fraction of sp³-hybridized carbons (Fsp3) is 0.333. The molecule has 0 aliphatic heterocycles. The van der Waals surface area contributed by atoms with Crippen molar-refractivity contribution in [3.8, 4) is 0 Å². The lowest BCUT2D eigenvalue weighted by molar-refractivity contribution is -0.146. The van der Waals surface area contributed by atoms with Crippen molar-refractivity contribution in [2.45, 2.75) is 6.30 Å². The molecule has 0 spiro atoms. The highest BCUT2D eigenvalue weighted by Crippen LogP contribution is 2.03. The Bertz CT molecular complexity index is 354. The Kier molecular flexibility index (Phi) is 1.99. The summed E-state index contributed by atoms with van der Waals surface area (Å²) in [4.78, 5) is 21.1. The van der Waals surface area contributed by atoms with Crippen LogP contribution in [0.15, 0.2) is 17.2 Å². The third kappa shape index (κ3) is 1.23. The molecule has 0 saturated carbocycles. The van der Waals surface area contributed by atoms with E-state index < -0.39 is 18.0 Å². The Labute approximate surface area is 66.7 Å². The van der Waals surface area contributed by atoms with Gasteiger partial charge in [-0.1, -0.05) is 0 Å². The first-order valence-corrected chi connectivity index (χ1v) is 3.14. The molecule has 0 radical (unpaired) electrons. The number of carbonyl (C=O) groups is 1. The molecule has 0 aliphatic carbocycles. The van der Waals surface area contributed by atoms with Crippen LogP contribution in [-0.2, 0) is 11.8 Å². The van der Waals surface area contributed by atoms with Crippen LogP contribution in [0.5, 0.6) is 0 Å². The summed E-state index contributed by atoms with van der Waals surface area (Å²) >= 11 is 0. The van der Waals surface area contributed by atoms with Gasteiger partial charge in [0.15, 0.2) is 0 Å². The maximum Gasteiger partial charge on any atom is 0.360 e. The van der Waals surface area contributed by atoms with Crippen molar-refractivity contribution >= 4 is 5.97 Å². The average molecular weight is 174 g/mol. The molecule has 0 saturated heterocycles. The van der Waals surface area contributed by atoms with Crippen molar-refractivity contribution in [1.29, 1.82) is 0 Å². The molecule has 1 atom stereocenters. The summed E-state index contributed by atoms with van der Waals surface area (Å²) in [6, 6.07) is 0. The zero-order chi connectivity index (χ0) is 9.30. The van der Waals surface area contributed by atoms with E-state index in [0.29, 0.717) is 4.57 Å². The molecule has 1 N–H and O–H groups in total. The zero-order valence-electron chi connectivity index (χ0n) is 6.27. The van der Waals surface area contributed by atoms with Gasteiger partial charge in [-0.3, -0.25) is 4.57 Å². The van der Waals surface area contributed by atoms with Gasteiger partial charge in [0.1, 0.15) is 0 Å². The number of nitrogens with zero attached hydrogens (tertiary/aromatic N) is 2. The van der Waals surface area contributed by atoms with Gasteiger partial charge in [-0.2, -0.15) is 0 Å². The van der Waals surface area contributed by atoms with Crippen LogP contribution in [0.4, 0.5) is 4.39 Å². The Hall–Kier alpha value is -1.59. The number of alkyl halides is 1. The number of halogens is 1. The van der Waals surface area contributed by atoms with Crippen molar-refractivity contribution in [3.05, 3.63) is 22.9 Å². The molecule has 1 aromatic rings. The van der Waals surface area contributed by atoms with E-state index in [0.717, 1.165) is 10.8 Å². The molecular weight excluding hydrogens is 167 g/mol. The minimum atomic E-state index is -2.31. The van der Waals surface area contributed by atoms with E-state index in [4.69, 9.17) is 5.11 Å². The predicted octanol–water partition coefficient (Wildman–Crippen LogP) is -0.261. The van der Waals surface area contributed by atoms with Gasteiger partial charge in [-0.25, -0.2) is 14.0 Å². The van der Waals surface area contributed by atoms with E-state index in [1.165, 1.54) is 13.2 Å². The molecule has 1 unspecified atom stereocenters. The minimum absolute atomic E-state index is 0.502. The Morgan fingerprint density at radius 2 is 2.25 bits per heavy atom. The third-order valence-electron chi connectivity index (χ3n) is 1.42. The summed E-state index contributed by atoms with van der Waals surface area (Å²) in [5, 5.41) is 8.23. The first kappa shape index (κ1) is 8.51. The Morgan fingerprint density at radius 3 is 2.58 bits per heavy atom. The topological polar surface area (TPSA) is 64.2 Å². The van der Waals surface area contributed by atoms with Crippen molar-refractivity contribution in [2.75, 3.05) is 0 Å². The molecule has 0 aliphatic rings. The summed E-state index contributed by atoms with van der Waals surface area (Å²) in [6.45, 7) is 0. The van der Waals surface area contributed by atoms with Crippen molar-refractivity contribution in [1.82, 2.24) is 9.13 Å². The SMILES string of the molecule is Cn1ccn(C(F)C(=O)O)c1=O. The molecule has 66 valence electrons. The highest BCUT2D eigenvalue weighted by molar-refractivity contribution is 5.70. The van der Waals surface area contributed by atoms with Crippen molar-refractivity contribution in [2.24, 2.45) is 7.05 Å². The second-order valence-electron chi connectivity index (χ2n) is 2.27. The third-order valence-corrected chi connectivity index (χ3v) is 1.42. The highest BCUT2D eigenvalue weighted by atomic mass is 19.1. The molecule has 12 heavy (non-hydrogen) atoms. The van der Waals surface area contributed by atoms with Gasteiger partial charge in [0.05, 0.1) is 0 Å². The predicted molar refractivity (Wildman–Crippen MR) is 37.5 cm³/mol. The fourth-order valence-corrected chi connectivity index (χ4v) is 0.773. The van der Waals surface area contributed by atoms with E-state index >= 15 is 0 Å². The number of carboxylic acids is 1. The van der Waals surface area contributed by atoms with Crippen LogP contribution in [0, 0.1) is 0 Å². The first-order valence-electron chi connectivity index (χ1n) is 3.14. The zero-order valence-corrected chi connectivity index (χ0v) is 6.27. The normalized spacial score (nSPS) is 12.8. The quantitative estimate of drug-likeness (QED) is 0.671. The number of hydrogen-bond acceptors (Lipinski definition) is 2. The van der Waals surface area contributed by atoms with Crippen LogP contribution < -0.4 is 5.69 Å². The highest BCUT2D eigenvalue weighted by Gasteiger charge is 2.19. The van der Waals surface area contributed by atoms with Crippen LogP contribution >= 0.6 is 0 Å². The molecule has 1 rings (SSSR count). The van der Waals surface area contributed by atoms with Gasteiger partial charge in [-0.15, -0.1) is 0 Å². The van der Waals surface area contributed by atoms with Crippen LogP contribution in [0.3, 0.4) is 0 Å². The molecule has 0 fully saturated rings. The molecule has 5 nitrogen and oxygen atoms in total. The Balaban J connectivity index is 3.12. The summed E-state index contributed by atoms with van der Waals surface area (Å²) in [5.74, 6) is -1.68. The lowest BCUT2D eigenvalue weighted by Gasteiger charge is -2.00. The van der Waals surface area contributed by atoms with Gasteiger partial charge >= 0.3 is 11.7 Å². The molecule has 0 amide bonds. The van der Waals surface area contributed by atoms with E-state index in [1.807, 2.05) is 0 Å². The number of hydrogen-bond donors (Lipinski definition) is 1. The van der Waals surface area contributed by atoms with E-state index in [2.05, 4.69) is 0 Å². The monoisotopic (exact) mass is 174 g/mol. The van der Waals surface area contributed by atoms with E-state index in [-0.39, 0.29) is 0 Å². The average Bonchev–Trinajstić information content (AvgIpc) is 2.32. The molecule has 0 aromatic carbocycles. The van der Waals surface area contributed by atoms with Gasteiger partial charge in [0.25, 0.3) is 6.30 Å². The lowest BCUT2D eigenvalue weighted by atomic mass is 10.6. The van der Waals surface area contributed by atoms with Crippen LogP contribution in [0.25, 0.3) is 0 Å². The summed E-state index contributed by atoms with van der Waals surface area (Å²) in [7, 11) is 1.41. The maximum absolute atomic E-state index is 12.7. The molecule has 0 bridgehead atoms. The minimum Gasteiger partial charge on any atom is -0.478 e. The number of aromatic nitrogens is 2. The summed E-state index contributed by atoms with van der Waals surface area (Å²) in [6.07, 6.45) is 0.0672. The summed E-state index contributed by atoms with van der Waals surface area (Å²) in [5.41, 5.74) is -0.690. The van der Waals surface area contributed by atoms with Gasteiger partial charge in [-0.05, 0) is 0 Å². The van der Waals surface area contributed by atoms with Gasteiger partial charge in [0.2, 0.25) is 0 Å². The Morgan fingerprint density at radius 1 is 1.67 bits per heavy atom. The number of rotatable bonds is 2. The number of imidazole rings is 1. The number of carboxylic acid groups (broad SMARTS) is 1. The van der Waals surface area contributed by atoms with Gasteiger partial charge < -0.3 is 9.67 Å². The maximum atomic E-state index is 12.7. The summed E-state index contributed by atoms with van der Waals surface area (Å²) < 4.78 is 14.3. The standard InChI is InChI=1S/C6H7FN2O3/c1-8-2-3-9(6(8)12)4(7)5(10)11/h2-4H,1H3,(H,10,11). The number of aliphatic carboxylic acids is 1. The lowest BCUT2D eigenvalue weighted by Crippen LogP contribution is -2.27. The van der Waals surface area contributed by atoms with E-state index in [1.54, 1.807) is 0 Å². The molecule has 1 aromatic heterocycles. The largest absolute Gasteiger partial charge is 0.478 e. The first-order chi connectivity index (χ1) is 5.54. The molecule has 1 heterocycles. The van der Waals surface area contributed by atoms with Gasteiger partial charge in [0, 0.05) is 19.4 Å². The second-order valence-corrected chi connectivity index (χ2v) is 2.27. The fourth-order valence-electron chi connectivity index (χ4n) is 0.773.